The van der Waals surface area contributed by atoms with E-state index in [4.69, 9.17) is 14.2 Å². The Kier molecular flexibility index (Phi) is 7.73. The van der Waals surface area contributed by atoms with Crippen molar-refractivity contribution < 1.29 is 19.0 Å². The van der Waals surface area contributed by atoms with Gasteiger partial charge in [0.25, 0.3) is 5.91 Å². The van der Waals surface area contributed by atoms with Crippen molar-refractivity contribution in [2.75, 3.05) is 61.0 Å². The van der Waals surface area contributed by atoms with Gasteiger partial charge in [0.15, 0.2) is 11.5 Å². The minimum atomic E-state index is -0.207. The van der Waals surface area contributed by atoms with Gasteiger partial charge in [-0.05, 0) is 43.9 Å². The first kappa shape index (κ1) is 22.4. The van der Waals surface area contributed by atoms with Gasteiger partial charge in [0.1, 0.15) is 0 Å². The van der Waals surface area contributed by atoms with Crippen molar-refractivity contribution >= 4 is 11.6 Å². The molecular weight excluding hydrogens is 370 g/mol. The first-order valence-electron chi connectivity index (χ1n) is 9.34. The van der Waals surface area contributed by atoms with Gasteiger partial charge < -0.3 is 29.3 Å². The van der Waals surface area contributed by atoms with Crippen LogP contribution in [-0.2, 0) is 0 Å². The molecule has 0 aliphatic rings. The molecule has 0 bridgehead atoms. The maximum atomic E-state index is 12.8. The third-order valence-corrected chi connectivity index (χ3v) is 4.80. The summed E-state index contributed by atoms with van der Waals surface area (Å²) in [5.41, 5.74) is 2.71. The highest BCUT2D eigenvalue weighted by Gasteiger charge is 2.19. The van der Waals surface area contributed by atoms with Gasteiger partial charge >= 0.3 is 0 Å². The van der Waals surface area contributed by atoms with Crippen molar-refractivity contribution in [2.24, 2.45) is 0 Å². The summed E-state index contributed by atoms with van der Waals surface area (Å²) in [6.45, 7) is 0.462. The molecule has 1 unspecified atom stereocenters. The van der Waals surface area contributed by atoms with Gasteiger partial charge in [-0.2, -0.15) is 0 Å². The largest absolute Gasteiger partial charge is 0.493 e. The van der Waals surface area contributed by atoms with E-state index in [1.165, 1.54) is 21.3 Å². The highest BCUT2D eigenvalue weighted by atomic mass is 16.5. The van der Waals surface area contributed by atoms with Crippen LogP contribution < -0.4 is 24.4 Å². The molecule has 0 saturated carbocycles. The Morgan fingerprint density at radius 1 is 0.931 bits per heavy atom. The van der Waals surface area contributed by atoms with Gasteiger partial charge in [0.2, 0.25) is 5.75 Å². The lowest BCUT2D eigenvalue weighted by Crippen LogP contribution is -2.34. The van der Waals surface area contributed by atoms with Crippen LogP contribution in [0.5, 0.6) is 17.2 Å². The fourth-order valence-electron chi connectivity index (χ4n) is 3.10. The number of nitrogens with zero attached hydrogens (tertiary/aromatic N) is 2. The lowest BCUT2D eigenvalue weighted by Gasteiger charge is -2.26. The van der Waals surface area contributed by atoms with E-state index in [2.05, 4.69) is 39.4 Å². The lowest BCUT2D eigenvalue weighted by molar-refractivity contribution is 0.0941. The number of methoxy groups -OCH3 is 3. The van der Waals surface area contributed by atoms with E-state index in [9.17, 15) is 4.79 Å². The van der Waals surface area contributed by atoms with E-state index in [0.717, 1.165) is 11.3 Å². The van der Waals surface area contributed by atoms with Gasteiger partial charge in [-0.25, -0.2) is 0 Å². The fraction of sp³-hybridized carbons (Fsp3) is 0.409. The van der Waals surface area contributed by atoms with Gasteiger partial charge in [-0.1, -0.05) is 12.1 Å². The summed E-state index contributed by atoms with van der Waals surface area (Å²) in [6, 6.07) is 11.7. The number of carbonyl (C=O) groups excluding carboxylic acids is 1. The number of likely N-dealkylation sites (N-methyl/N-ethyl adjacent to an activating group) is 1. The van der Waals surface area contributed by atoms with E-state index in [-0.39, 0.29) is 11.9 Å². The first-order valence-corrected chi connectivity index (χ1v) is 9.34. The van der Waals surface area contributed by atoms with E-state index in [0.29, 0.717) is 29.4 Å². The third-order valence-electron chi connectivity index (χ3n) is 4.80. The third kappa shape index (κ3) is 5.32. The molecule has 0 saturated heterocycles. The Morgan fingerprint density at radius 3 is 1.90 bits per heavy atom. The summed E-state index contributed by atoms with van der Waals surface area (Å²) < 4.78 is 16.0. The monoisotopic (exact) mass is 401 g/mol. The van der Waals surface area contributed by atoms with Crippen LogP contribution in [0, 0.1) is 0 Å². The van der Waals surface area contributed by atoms with E-state index < -0.39 is 0 Å². The highest BCUT2D eigenvalue weighted by Crippen LogP contribution is 2.38. The molecule has 2 rings (SSSR count). The number of nitrogens with one attached hydrogen (secondary N) is 1. The van der Waals surface area contributed by atoms with Crippen molar-refractivity contribution in [1.29, 1.82) is 0 Å². The molecule has 2 aromatic rings. The molecule has 29 heavy (non-hydrogen) atoms. The maximum absolute atomic E-state index is 12.8. The smallest absolute Gasteiger partial charge is 0.251 e. The van der Waals surface area contributed by atoms with Crippen LogP contribution >= 0.6 is 0 Å². The molecule has 7 heteroatoms. The summed E-state index contributed by atoms with van der Waals surface area (Å²) in [5.74, 6) is 1.14. The second-order valence-corrected chi connectivity index (χ2v) is 7.09. The Hall–Kier alpha value is -2.93. The molecular formula is C22H31N3O4. The molecule has 1 atom stereocenters. The van der Waals surface area contributed by atoms with E-state index >= 15 is 0 Å². The molecule has 2 aromatic carbocycles. The molecule has 0 aliphatic carbocycles. The van der Waals surface area contributed by atoms with E-state index in [1.54, 1.807) is 12.1 Å². The number of ether oxygens (including phenoxy) is 3. The Labute approximate surface area is 173 Å². The Balaban J connectivity index is 2.18. The van der Waals surface area contributed by atoms with Crippen molar-refractivity contribution in [3.63, 3.8) is 0 Å². The van der Waals surface area contributed by atoms with Crippen molar-refractivity contribution in [1.82, 2.24) is 10.2 Å². The fourth-order valence-corrected chi connectivity index (χ4v) is 3.10. The lowest BCUT2D eigenvalue weighted by atomic mass is 10.0. The van der Waals surface area contributed by atoms with Crippen molar-refractivity contribution in [2.45, 2.75) is 6.04 Å². The number of hydrogen-bond acceptors (Lipinski definition) is 6. The van der Waals surface area contributed by atoms with Gasteiger partial charge in [-0.3, -0.25) is 4.79 Å². The molecule has 0 spiro atoms. The Morgan fingerprint density at radius 2 is 1.48 bits per heavy atom. The predicted molar refractivity (Wildman–Crippen MR) is 116 cm³/mol. The van der Waals surface area contributed by atoms with Gasteiger partial charge in [0, 0.05) is 31.9 Å². The number of hydrogen-bond donors (Lipinski definition) is 1. The van der Waals surface area contributed by atoms with Crippen molar-refractivity contribution in [3.8, 4) is 17.2 Å². The number of anilines is 1. The minimum absolute atomic E-state index is 0.0391. The molecule has 1 amide bonds. The zero-order valence-electron chi connectivity index (χ0n) is 18.3. The van der Waals surface area contributed by atoms with Crippen LogP contribution in [0.3, 0.4) is 0 Å². The number of carbonyl (C=O) groups is 1. The van der Waals surface area contributed by atoms with Gasteiger partial charge in [-0.15, -0.1) is 0 Å². The second-order valence-electron chi connectivity index (χ2n) is 7.09. The molecule has 0 aromatic heterocycles. The molecule has 7 nitrogen and oxygen atoms in total. The number of amides is 1. The summed E-state index contributed by atoms with van der Waals surface area (Å²) in [5, 5.41) is 3.01. The summed E-state index contributed by atoms with van der Waals surface area (Å²) in [6.07, 6.45) is 0. The predicted octanol–water partition coefficient (Wildman–Crippen LogP) is 2.81. The second kappa shape index (κ2) is 10.0. The van der Waals surface area contributed by atoms with E-state index in [1.807, 2.05) is 28.2 Å². The average molecular weight is 402 g/mol. The topological polar surface area (TPSA) is 63.3 Å². The maximum Gasteiger partial charge on any atom is 0.251 e. The van der Waals surface area contributed by atoms with Crippen LogP contribution in [0.4, 0.5) is 5.69 Å². The van der Waals surface area contributed by atoms with Crippen LogP contribution in [0.25, 0.3) is 0 Å². The zero-order chi connectivity index (χ0) is 21.6. The number of rotatable bonds is 9. The summed E-state index contributed by atoms with van der Waals surface area (Å²) in [7, 11) is 12.6. The van der Waals surface area contributed by atoms with Crippen LogP contribution in [0.15, 0.2) is 36.4 Å². The van der Waals surface area contributed by atoms with Crippen LogP contribution in [-0.4, -0.2) is 66.9 Å². The molecule has 1 N–H and O–H groups in total. The summed E-state index contributed by atoms with van der Waals surface area (Å²) in [4.78, 5) is 16.9. The van der Waals surface area contributed by atoms with Crippen LogP contribution in [0.2, 0.25) is 0 Å². The molecule has 158 valence electrons. The minimum Gasteiger partial charge on any atom is -0.493 e. The van der Waals surface area contributed by atoms with Crippen LogP contribution in [0.1, 0.15) is 22.0 Å². The van der Waals surface area contributed by atoms with Gasteiger partial charge in [0.05, 0.1) is 27.4 Å². The number of benzene rings is 2. The molecule has 0 heterocycles. The summed E-state index contributed by atoms with van der Waals surface area (Å²) >= 11 is 0. The first-order chi connectivity index (χ1) is 13.8. The zero-order valence-corrected chi connectivity index (χ0v) is 18.3. The Bertz CT molecular complexity index is 794. The average Bonchev–Trinajstić information content (AvgIpc) is 2.72. The molecule has 0 fully saturated rings. The normalized spacial score (nSPS) is 11.7. The molecule has 0 radical (unpaired) electrons. The highest BCUT2D eigenvalue weighted by molar-refractivity contribution is 5.95. The SMILES string of the molecule is COc1cc(C(=O)NCC(c2ccc(N(C)C)cc2)N(C)C)cc(OC)c1OC. The van der Waals surface area contributed by atoms with Crippen molar-refractivity contribution in [3.05, 3.63) is 47.5 Å². The molecule has 0 aliphatic heterocycles. The standard InChI is InChI=1S/C22H31N3O4/c1-24(2)17-10-8-15(9-11-17)18(25(3)4)14-23-22(26)16-12-19(27-5)21(29-7)20(13-16)28-6/h8-13,18H,14H2,1-7H3,(H,23,26). The quantitative estimate of drug-likeness (QED) is 0.697.